The minimum Gasteiger partial charge on any atom is -0.595 e. The third kappa shape index (κ3) is 2.10. The minimum atomic E-state index is -1.59. The van der Waals surface area contributed by atoms with E-state index < -0.39 is 21.0 Å². The standard InChI is InChI=1S/C17H14Cl2FN3O3/c1-21-14-7-6-10(23(25)26)8-12(14)16(11-4-2-3-5-13(11)20)17(18,19)22(16)9-15(21)24/h2-8,23,25H,9H2,1H3. The molecule has 136 valence electrons. The van der Waals surface area contributed by atoms with E-state index in [0.29, 0.717) is 11.3 Å². The predicted molar refractivity (Wildman–Crippen MR) is 94.0 cm³/mol. The van der Waals surface area contributed by atoms with Crippen LogP contribution in [0.1, 0.15) is 11.1 Å². The van der Waals surface area contributed by atoms with Crippen LogP contribution in [0.15, 0.2) is 42.5 Å². The van der Waals surface area contributed by atoms with Gasteiger partial charge in [-0.1, -0.05) is 41.4 Å². The van der Waals surface area contributed by atoms with E-state index in [1.807, 2.05) is 0 Å². The second-order valence-electron chi connectivity index (χ2n) is 6.31. The van der Waals surface area contributed by atoms with Crippen LogP contribution in [0.25, 0.3) is 0 Å². The highest BCUT2D eigenvalue weighted by atomic mass is 35.5. The largest absolute Gasteiger partial charge is 0.595 e. The topological polar surface area (TPSA) is 71.0 Å². The maximum Gasteiger partial charge on any atom is 0.241 e. The summed E-state index contributed by atoms with van der Waals surface area (Å²) in [5.74, 6) is -0.819. The van der Waals surface area contributed by atoms with Gasteiger partial charge in [-0.05, 0) is 12.1 Å². The molecule has 0 bridgehead atoms. The summed E-state index contributed by atoms with van der Waals surface area (Å²) in [4.78, 5) is 15.4. The molecule has 0 aliphatic carbocycles. The number of benzene rings is 2. The van der Waals surface area contributed by atoms with Crippen LogP contribution in [-0.4, -0.2) is 34.1 Å². The summed E-state index contributed by atoms with van der Waals surface area (Å²) >= 11 is 13.1. The first-order valence-electron chi connectivity index (χ1n) is 7.78. The fraction of sp³-hybridized carbons (Fsp3) is 0.235. The molecular formula is C17H14Cl2FN3O3. The molecule has 0 aromatic heterocycles. The fourth-order valence-electron chi connectivity index (χ4n) is 3.72. The Bertz CT molecular complexity index is 924. The number of hydrogen-bond donors (Lipinski definition) is 2. The second kappa shape index (κ2) is 5.63. The third-order valence-electron chi connectivity index (χ3n) is 5.05. The van der Waals surface area contributed by atoms with E-state index in [0.717, 1.165) is 0 Å². The predicted octanol–water partition coefficient (Wildman–Crippen LogP) is 1.90. The lowest BCUT2D eigenvalue weighted by atomic mass is 9.88. The zero-order chi connectivity index (χ0) is 18.9. The highest BCUT2D eigenvalue weighted by Crippen LogP contribution is 2.69. The summed E-state index contributed by atoms with van der Waals surface area (Å²) in [5.41, 5.74) is -0.354. The molecule has 2 aliphatic rings. The summed E-state index contributed by atoms with van der Waals surface area (Å²) in [6, 6.07) is 10.3. The average Bonchev–Trinajstić information content (AvgIpc) is 3.11. The number of alkyl halides is 2. The van der Waals surface area contributed by atoms with Crippen molar-refractivity contribution < 1.29 is 19.6 Å². The van der Waals surface area contributed by atoms with Crippen molar-refractivity contribution in [3.63, 3.8) is 0 Å². The lowest BCUT2D eigenvalue weighted by Gasteiger charge is -2.25. The number of carbonyl (C=O) groups excluding carboxylic acids is 1. The normalized spacial score (nSPS) is 27.4. The highest BCUT2D eigenvalue weighted by Gasteiger charge is 2.78. The Labute approximate surface area is 158 Å². The van der Waals surface area contributed by atoms with Crippen LogP contribution in [0.4, 0.5) is 15.8 Å². The number of likely N-dealkylation sites (N-methyl/N-ethyl adjacent to an activating group) is 1. The number of hydrogen-bond acceptors (Lipinski definition) is 4. The minimum absolute atomic E-state index is 0.00167. The molecule has 2 heterocycles. The summed E-state index contributed by atoms with van der Waals surface area (Å²) in [5, 5.41) is 19.7. The van der Waals surface area contributed by atoms with Gasteiger partial charge in [0.05, 0.1) is 6.54 Å². The molecule has 1 fully saturated rings. The van der Waals surface area contributed by atoms with Gasteiger partial charge in [0.1, 0.15) is 11.4 Å². The van der Waals surface area contributed by atoms with Crippen LogP contribution >= 0.6 is 23.2 Å². The van der Waals surface area contributed by atoms with Crippen LogP contribution in [0.3, 0.4) is 0 Å². The molecule has 3 atom stereocenters. The van der Waals surface area contributed by atoms with E-state index in [-0.39, 0.29) is 23.7 Å². The van der Waals surface area contributed by atoms with Gasteiger partial charge in [0.15, 0.2) is 10.1 Å². The fourth-order valence-corrected chi connectivity index (χ4v) is 4.62. The van der Waals surface area contributed by atoms with Crippen LogP contribution < -0.4 is 10.1 Å². The first kappa shape index (κ1) is 17.7. The van der Waals surface area contributed by atoms with Crippen LogP contribution in [0.2, 0.25) is 0 Å². The Kier molecular flexibility index (Phi) is 3.82. The number of rotatable bonds is 2. The molecule has 0 radical (unpaired) electrons. The smallest absolute Gasteiger partial charge is 0.241 e. The van der Waals surface area contributed by atoms with Crippen molar-refractivity contribution >= 4 is 40.5 Å². The Morgan fingerprint density at radius 1 is 1.23 bits per heavy atom. The number of carbonyl (C=O) groups is 1. The zero-order valence-corrected chi connectivity index (χ0v) is 15.1. The van der Waals surface area contributed by atoms with Crippen molar-refractivity contribution in [1.29, 1.82) is 0 Å². The van der Waals surface area contributed by atoms with Crippen LogP contribution in [0.5, 0.6) is 0 Å². The van der Waals surface area contributed by atoms with E-state index >= 15 is 0 Å². The molecule has 2 aromatic carbocycles. The van der Waals surface area contributed by atoms with Gasteiger partial charge in [-0.15, -0.1) is 0 Å². The van der Waals surface area contributed by atoms with Crippen molar-refractivity contribution in [2.75, 3.05) is 18.5 Å². The number of quaternary nitrogens is 1. The second-order valence-corrected chi connectivity index (χ2v) is 7.59. The molecule has 26 heavy (non-hydrogen) atoms. The van der Waals surface area contributed by atoms with Gasteiger partial charge in [-0.25, -0.2) is 14.5 Å². The van der Waals surface area contributed by atoms with E-state index in [1.165, 1.54) is 40.1 Å². The van der Waals surface area contributed by atoms with Crippen molar-refractivity contribution in [3.8, 4) is 0 Å². The number of anilines is 1. The average molecular weight is 398 g/mol. The molecule has 0 saturated carbocycles. The van der Waals surface area contributed by atoms with E-state index in [2.05, 4.69) is 0 Å². The van der Waals surface area contributed by atoms with Crippen molar-refractivity contribution in [2.45, 2.75) is 10.00 Å². The highest BCUT2D eigenvalue weighted by molar-refractivity contribution is 6.52. The lowest BCUT2D eigenvalue weighted by molar-refractivity contribution is -0.991. The Balaban J connectivity index is 2.07. The monoisotopic (exact) mass is 397 g/mol. The molecule has 1 amide bonds. The van der Waals surface area contributed by atoms with Gasteiger partial charge < -0.3 is 10.1 Å². The zero-order valence-electron chi connectivity index (χ0n) is 13.5. The Morgan fingerprint density at radius 2 is 1.92 bits per heavy atom. The van der Waals surface area contributed by atoms with E-state index in [9.17, 15) is 19.6 Å². The number of fused-ring (bicyclic) bond motifs is 3. The molecule has 2 aliphatic heterocycles. The SMILES string of the molecule is CN1C(=O)CN2C(Cl)(Cl)C2(c2ccccc2F)c2cc([NH+]([O-])O)ccc21. The van der Waals surface area contributed by atoms with Gasteiger partial charge in [0.25, 0.3) is 0 Å². The van der Waals surface area contributed by atoms with Gasteiger partial charge in [0, 0.05) is 36.0 Å². The maximum absolute atomic E-state index is 14.7. The number of halogens is 3. The summed E-state index contributed by atoms with van der Waals surface area (Å²) < 4.78 is 13.1. The number of amides is 1. The molecule has 6 nitrogen and oxygen atoms in total. The lowest BCUT2D eigenvalue weighted by Crippen LogP contribution is -2.99. The first-order valence-corrected chi connectivity index (χ1v) is 8.53. The molecule has 9 heteroatoms. The molecule has 3 unspecified atom stereocenters. The summed E-state index contributed by atoms with van der Waals surface area (Å²) in [7, 11) is 1.58. The van der Waals surface area contributed by atoms with Crippen LogP contribution in [0, 0.1) is 11.0 Å². The molecule has 2 N–H and O–H groups in total. The summed E-state index contributed by atoms with van der Waals surface area (Å²) in [6.07, 6.45) is 0. The van der Waals surface area contributed by atoms with Crippen molar-refractivity contribution in [2.24, 2.45) is 0 Å². The molecule has 4 rings (SSSR count). The first-order chi connectivity index (χ1) is 12.2. The van der Waals surface area contributed by atoms with E-state index in [4.69, 9.17) is 23.2 Å². The van der Waals surface area contributed by atoms with Crippen LogP contribution in [-0.2, 0) is 10.3 Å². The molecule has 1 saturated heterocycles. The van der Waals surface area contributed by atoms with Crippen molar-refractivity contribution in [3.05, 3.63) is 64.6 Å². The van der Waals surface area contributed by atoms with E-state index in [1.54, 1.807) is 19.2 Å². The van der Waals surface area contributed by atoms with Crippen molar-refractivity contribution in [1.82, 2.24) is 4.90 Å². The van der Waals surface area contributed by atoms with Gasteiger partial charge >= 0.3 is 0 Å². The molecule has 2 aromatic rings. The molecular weight excluding hydrogens is 384 g/mol. The number of nitrogens with zero attached hydrogens (tertiary/aromatic N) is 2. The third-order valence-corrected chi connectivity index (χ3v) is 6.01. The van der Waals surface area contributed by atoms with Gasteiger partial charge in [-0.3, -0.25) is 4.79 Å². The Morgan fingerprint density at radius 3 is 2.58 bits per heavy atom. The maximum atomic E-state index is 14.7. The Hall–Kier alpha value is -1.74. The summed E-state index contributed by atoms with van der Waals surface area (Å²) in [6.45, 7) is -0.130. The van der Waals surface area contributed by atoms with Gasteiger partial charge in [-0.2, -0.15) is 5.23 Å². The van der Waals surface area contributed by atoms with Gasteiger partial charge in [0.2, 0.25) is 5.91 Å². The number of nitrogens with one attached hydrogen (secondary N) is 1. The quantitative estimate of drug-likeness (QED) is 0.351. The molecule has 0 spiro atoms.